The van der Waals surface area contributed by atoms with Crippen LogP contribution in [0, 0.1) is 0 Å². The van der Waals surface area contributed by atoms with Crippen LogP contribution in [0.25, 0.3) is 0 Å². The Kier molecular flexibility index (Phi) is 10.8. The van der Waals surface area contributed by atoms with Gasteiger partial charge in [-0.05, 0) is 31.2 Å². The summed E-state index contributed by atoms with van der Waals surface area (Å²) in [6.07, 6.45) is 7.78. The number of hydrogen-bond acceptors (Lipinski definition) is 3. The first-order chi connectivity index (χ1) is 13.7. The van der Waals surface area contributed by atoms with Crippen LogP contribution in [-0.2, 0) is 13.2 Å². The smallest absolute Gasteiger partial charge is 0.167 e. The predicted molar refractivity (Wildman–Crippen MR) is 122 cm³/mol. The van der Waals surface area contributed by atoms with E-state index in [1.807, 2.05) is 36.4 Å². The molecule has 0 saturated carbocycles. The van der Waals surface area contributed by atoms with Crippen LogP contribution in [0.5, 0.6) is 11.5 Å². The van der Waals surface area contributed by atoms with E-state index in [0.717, 1.165) is 40.2 Å². The average molecular weight is 469 g/mol. The first kappa shape index (κ1) is 23.1. The van der Waals surface area contributed by atoms with Crippen LogP contribution in [0.4, 0.5) is 0 Å². The molecule has 2 rings (SSSR count). The van der Waals surface area contributed by atoms with Gasteiger partial charge in [-0.15, -0.1) is 0 Å². The average Bonchev–Trinajstić information content (AvgIpc) is 2.70. The Bertz CT molecular complexity index is 724. The topological polar surface area (TPSA) is 30.5 Å². The third-order valence-electron chi connectivity index (χ3n) is 4.73. The highest BCUT2D eigenvalue weighted by atomic mass is 79.9. The molecule has 2 aromatic carbocycles. The Morgan fingerprint density at radius 1 is 1.00 bits per heavy atom. The van der Waals surface area contributed by atoms with Gasteiger partial charge >= 0.3 is 0 Å². The van der Waals surface area contributed by atoms with Crippen molar-refractivity contribution >= 4 is 27.5 Å². The normalized spacial score (nSPS) is 10.9. The second-order valence-electron chi connectivity index (χ2n) is 6.88. The van der Waals surface area contributed by atoms with Gasteiger partial charge < -0.3 is 14.8 Å². The van der Waals surface area contributed by atoms with Crippen molar-refractivity contribution in [3.63, 3.8) is 0 Å². The van der Waals surface area contributed by atoms with Crippen molar-refractivity contribution in [2.45, 2.75) is 58.6 Å². The molecular formula is C23H31BrClNO2. The maximum Gasteiger partial charge on any atom is 0.167 e. The molecule has 0 heterocycles. The Morgan fingerprint density at radius 3 is 2.50 bits per heavy atom. The molecule has 0 aliphatic rings. The zero-order valence-corrected chi connectivity index (χ0v) is 19.2. The van der Waals surface area contributed by atoms with Crippen LogP contribution in [0.2, 0.25) is 5.02 Å². The molecule has 0 saturated heterocycles. The quantitative estimate of drug-likeness (QED) is 0.317. The highest BCUT2D eigenvalue weighted by molar-refractivity contribution is 9.10. The van der Waals surface area contributed by atoms with Crippen molar-refractivity contribution < 1.29 is 9.47 Å². The highest BCUT2D eigenvalue weighted by Gasteiger charge is 2.15. The molecule has 0 aromatic heterocycles. The molecule has 0 spiro atoms. The molecule has 1 N–H and O–H groups in total. The third kappa shape index (κ3) is 7.31. The molecule has 154 valence electrons. The van der Waals surface area contributed by atoms with Crippen molar-refractivity contribution in [1.29, 1.82) is 0 Å². The molecule has 28 heavy (non-hydrogen) atoms. The molecule has 0 unspecified atom stereocenters. The van der Waals surface area contributed by atoms with Gasteiger partial charge in [0.1, 0.15) is 6.61 Å². The minimum absolute atomic E-state index is 0.400. The molecule has 0 aliphatic heterocycles. The summed E-state index contributed by atoms with van der Waals surface area (Å²) in [6.45, 7) is 4.38. The maximum absolute atomic E-state index is 6.27. The fourth-order valence-corrected chi connectivity index (χ4v) is 3.72. The molecule has 3 nitrogen and oxygen atoms in total. The van der Waals surface area contributed by atoms with Crippen molar-refractivity contribution in [2.24, 2.45) is 0 Å². The van der Waals surface area contributed by atoms with Crippen LogP contribution in [-0.4, -0.2) is 13.7 Å². The van der Waals surface area contributed by atoms with E-state index in [4.69, 9.17) is 21.1 Å². The van der Waals surface area contributed by atoms with Gasteiger partial charge in [0, 0.05) is 27.2 Å². The zero-order valence-electron chi connectivity index (χ0n) is 16.9. The van der Waals surface area contributed by atoms with E-state index in [1.165, 1.54) is 38.5 Å². The van der Waals surface area contributed by atoms with Crippen molar-refractivity contribution in [1.82, 2.24) is 5.32 Å². The van der Waals surface area contributed by atoms with E-state index in [-0.39, 0.29) is 0 Å². The molecule has 0 amide bonds. The van der Waals surface area contributed by atoms with E-state index in [9.17, 15) is 0 Å². The Labute approximate surface area is 182 Å². The number of nitrogens with one attached hydrogen (secondary N) is 1. The molecule has 0 fully saturated rings. The molecular weight excluding hydrogens is 438 g/mol. The Morgan fingerprint density at radius 2 is 1.75 bits per heavy atom. The van der Waals surface area contributed by atoms with Gasteiger partial charge in [0.25, 0.3) is 0 Å². The number of rotatable bonds is 13. The summed E-state index contributed by atoms with van der Waals surface area (Å²) >= 11 is 9.93. The lowest BCUT2D eigenvalue weighted by Gasteiger charge is -2.17. The standard InChI is InChI=1S/C23H31BrClNO2/c1-3-4-5-6-7-10-15-26-16-19-20(24)13-14-22(27-2)23(19)28-17-18-11-8-9-12-21(18)25/h8-9,11-14,26H,3-7,10,15-17H2,1-2H3. The largest absolute Gasteiger partial charge is 0.493 e. The summed E-state index contributed by atoms with van der Waals surface area (Å²) < 4.78 is 12.7. The van der Waals surface area contributed by atoms with Crippen LogP contribution in [0.3, 0.4) is 0 Å². The van der Waals surface area contributed by atoms with Gasteiger partial charge in [-0.25, -0.2) is 0 Å². The van der Waals surface area contributed by atoms with E-state index in [1.54, 1.807) is 7.11 Å². The highest BCUT2D eigenvalue weighted by Crippen LogP contribution is 2.37. The fraction of sp³-hybridized carbons (Fsp3) is 0.478. The van der Waals surface area contributed by atoms with Crippen molar-refractivity contribution in [3.8, 4) is 11.5 Å². The minimum Gasteiger partial charge on any atom is -0.493 e. The summed E-state index contributed by atoms with van der Waals surface area (Å²) in [5.74, 6) is 1.49. The van der Waals surface area contributed by atoms with Crippen LogP contribution < -0.4 is 14.8 Å². The number of unbranched alkanes of at least 4 members (excludes halogenated alkanes) is 5. The van der Waals surface area contributed by atoms with E-state index >= 15 is 0 Å². The lowest BCUT2D eigenvalue weighted by molar-refractivity contribution is 0.280. The van der Waals surface area contributed by atoms with Gasteiger partial charge in [0.2, 0.25) is 0 Å². The molecule has 0 aliphatic carbocycles. The van der Waals surface area contributed by atoms with Crippen LogP contribution in [0.15, 0.2) is 40.9 Å². The molecule has 0 atom stereocenters. The second kappa shape index (κ2) is 13.1. The third-order valence-corrected chi connectivity index (χ3v) is 5.84. The summed E-state index contributed by atoms with van der Waals surface area (Å²) in [5, 5.41) is 4.25. The van der Waals surface area contributed by atoms with Crippen LogP contribution in [0.1, 0.15) is 56.6 Å². The summed E-state index contributed by atoms with van der Waals surface area (Å²) in [6, 6.07) is 11.7. The number of hydrogen-bond donors (Lipinski definition) is 1. The van der Waals surface area contributed by atoms with Gasteiger partial charge in [-0.3, -0.25) is 0 Å². The summed E-state index contributed by atoms with van der Waals surface area (Å²) in [7, 11) is 1.67. The number of methoxy groups -OCH3 is 1. The van der Waals surface area contributed by atoms with E-state index in [0.29, 0.717) is 11.6 Å². The lowest BCUT2D eigenvalue weighted by atomic mass is 10.1. The zero-order chi connectivity index (χ0) is 20.2. The van der Waals surface area contributed by atoms with Gasteiger partial charge in [0.15, 0.2) is 11.5 Å². The summed E-state index contributed by atoms with van der Waals surface area (Å²) in [4.78, 5) is 0. The molecule has 0 radical (unpaired) electrons. The lowest BCUT2D eigenvalue weighted by Crippen LogP contribution is -2.16. The second-order valence-corrected chi connectivity index (χ2v) is 8.14. The number of halogens is 2. The summed E-state index contributed by atoms with van der Waals surface area (Å²) in [5.41, 5.74) is 2.02. The first-order valence-corrected chi connectivity index (χ1v) is 11.3. The van der Waals surface area contributed by atoms with E-state index < -0.39 is 0 Å². The van der Waals surface area contributed by atoms with Gasteiger partial charge in [-0.1, -0.05) is 84.8 Å². The van der Waals surface area contributed by atoms with Gasteiger partial charge in [-0.2, -0.15) is 0 Å². The Balaban J connectivity index is 1.96. The SMILES string of the molecule is CCCCCCCCNCc1c(Br)ccc(OC)c1OCc1ccccc1Cl. The molecule has 5 heteroatoms. The first-order valence-electron chi connectivity index (χ1n) is 10.1. The minimum atomic E-state index is 0.400. The van der Waals surface area contributed by atoms with Crippen LogP contribution >= 0.6 is 27.5 Å². The van der Waals surface area contributed by atoms with Crippen molar-refractivity contribution in [3.05, 3.63) is 57.0 Å². The predicted octanol–water partition coefficient (Wildman–Crippen LogP) is 7.14. The maximum atomic E-state index is 6.27. The Hall–Kier alpha value is -1.23. The fourth-order valence-electron chi connectivity index (χ4n) is 3.08. The molecule has 2 aromatic rings. The van der Waals surface area contributed by atoms with Gasteiger partial charge in [0.05, 0.1) is 7.11 Å². The monoisotopic (exact) mass is 467 g/mol. The van der Waals surface area contributed by atoms with Crippen molar-refractivity contribution in [2.75, 3.05) is 13.7 Å². The van der Waals surface area contributed by atoms with E-state index in [2.05, 4.69) is 28.2 Å². The number of ether oxygens (including phenoxy) is 2. The molecule has 0 bridgehead atoms. The number of benzene rings is 2.